The Morgan fingerprint density at radius 3 is 2.70 bits per heavy atom. The number of nitrogens with zero attached hydrogens (tertiary/aromatic N) is 1. The van der Waals surface area contributed by atoms with E-state index >= 15 is 0 Å². The molecule has 1 amide bonds. The summed E-state index contributed by atoms with van der Waals surface area (Å²) in [6.07, 6.45) is 4.25. The number of aromatic amines is 1. The van der Waals surface area contributed by atoms with E-state index in [9.17, 15) is 4.79 Å². The molecule has 4 nitrogen and oxygen atoms in total. The monoisotopic (exact) mass is 307 g/mol. The molecule has 0 aliphatic heterocycles. The molecule has 0 atom stereocenters. The summed E-state index contributed by atoms with van der Waals surface area (Å²) in [6, 6.07) is 8.14. The Labute approximate surface area is 136 Å². The number of rotatable bonds is 4. The van der Waals surface area contributed by atoms with Crippen molar-refractivity contribution >= 4 is 16.9 Å². The molecule has 0 spiro atoms. The molecule has 1 aromatic carbocycles. The summed E-state index contributed by atoms with van der Waals surface area (Å²) < 4.78 is 0. The van der Waals surface area contributed by atoms with Crippen LogP contribution in [0.1, 0.15) is 32.6 Å². The molecule has 118 valence electrons. The van der Waals surface area contributed by atoms with Crippen molar-refractivity contribution in [3.8, 4) is 0 Å². The van der Waals surface area contributed by atoms with Crippen LogP contribution in [0.15, 0.2) is 36.7 Å². The number of aromatic nitrogens is 2. The minimum atomic E-state index is -0.0858. The average Bonchev–Trinajstić information content (AvgIpc) is 2.93. The maximum absolute atomic E-state index is 12.4. The van der Waals surface area contributed by atoms with Crippen LogP contribution in [0.2, 0.25) is 0 Å². The summed E-state index contributed by atoms with van der Waals surface area (Å²) in [5, 5.41) is 3.00. The quantitative estimate of drug-likeness (QED) is 0.775. The molecule has 0 saturated heterocycles. The molecular weight excluding hydrogens is 286 g/mol. The van der Waals surface area contributed by atoms with E-state index in [1.807, 2.05) is 12.1 Å². The molecule has 0 unspecified atom stereocenters. The number of benzene rings is 1. The fourth-order valence-corrected chi connectivity index (χ4v) is 3.13. The predicted octanol–water partition coefficient (Wildman–Crippen LogP) is 3.46. The van der Waals surface area contributed by atoms with E-state index in [-0.39, 0.29) is 5.91 Å². The lowest BCUT2D eigenvalue weighted by molar-refractivity contribution is 0.0955. The molecule has 3 rings (SSSR count). The topological polar surface area (TPSA) is 57.8 Å². The summed E-state index contributed by atoms with van der Waals surface area (Å²) in [7, 11) is 0. The Hall–Kier alpha value is -2.62. The van der Waals surface area contributed by atoms with Crippen molar-refractivity contribution in [2.75, 3.05) is 6.54 Å². The minimum Gasteiger partial charge on any atom is -0.359 e. The van der Waals surface area contributed by atoms with Gasteiger partial charge in [-0.05, 0) is 56.0 Å². The first-order valence-corrected chi connectivity index (χ1v) is 7.83. The second-order valence-electron chi connectivity index (χ2n) is 5.99. The molecule has 3 aromatic rings. The number of nitrogens with one attached hydrogen (secondary N) is 2. The first-order chi connectivity index (χ1) is 11.1. The van der Waals surface area contributed by atoms with Crippen molar-refractivity contribution in [1.29, 1.82) is 0 Å². The molecule has 4 heteroatoms. The van der Waals surface area contributed by atoms with Gasteiger partial charge in [0.15, 0.2) is 0 Å². The van der Waals surface area contributed by atoms with Crippen LogP contribution in [-0.2, 0) is 6.42 Å². The SMILES string of the molecule is Cc1cc(C)c(CCNC(=O)c2c[nH]c3cccnc23)c(C)c1. The third kappa shape index (κ3) is 3.11. The van der Waals surface area contributed by atoms with Gasteiger partial charge in [-0.15, -0.1) is 0 Å². The van der Waals surface area contributed by atoms with Gasteiger partial charge in [-0.25, -0.2) is 0 Å². The number of aryl methyl sites for hydroxylation is 3. The number of hydrogen-bond acceptors (Lipinski definition) is 2. The number of H-pyrrole nitrogens is 1. The van der Waals surface area contributed by atoms with Gasteiger partial charge in [0.1, 0.15) is 5.52 Å². The fourth-order valence-electron chi connectivity index (χ4n) is 3.13. The summed E-state index contributed by atoms with van der Waals surface area (Å²) in [6.45, 7) is 6.97. The molecule has 0 saturated carbocycles. The highest BCUT2D eigenvalue weighted by Gasteiger charge is 2.12. The maximum atomic E-state index is 12.4. The zero-order chi connectivity index (χ0) is 16.4. The van der Waals surface area contributed by atoms with E-state index in [2.05, 4.69) is 48.2 Å². The zero-order valence-electron chi connectivity index (χ0n) is 13.7. The van der Waals surface area contributed by atoms with Crippen molar-refractivity contribution in [2.45, 2.75) is 27.2 Å². The third-order valence-corrected chi connectivity index (χ3v) is 4.18. The van der Waals surface area contributed by atoms with Gasteiger partial charge in [0.2, 0.25) is 0 Å². The number of fused-ring (bicyclic) bond motifs is 1. The van der Waals surface area contributed by atoms with Crippen molar-refractivity contribution in [1.82, 2.24) is 15.3 Å². The maximum Gasteiger partial charge on any atom is 0.255 e. The molecule has 2 N–H and O–H groups in total. The van der Waals surface area contributed by atoms with E-state index in [4.69, 9.17) is 0 Å². The lowest BCUT2D eigenvalue weighted by atomic mass is 9.97. The largest absolute Gasteiger partial charge is 0.359 e. The molecule has 2 heterocycles. The molecular formula is C19H21N3O. The molecule has 23 heavy (non-hydrogen) atoms. The summed E-state index contributed by atoms with van der Waals surface area (Å²) in [5.74, 6) is -0.0858. The first kappa shape index (κ1) is 15.3. The number of carbonyl (C=O) groups excluding carboxylic acids is 1. The summed E-state index contributed by atoms with van der Waals surface area (Å²) in [4.78, 5) is 19.7. The van der Waals surface area contributed by atoms with E-state index in [0.717, 1.165) is 11.9 Å². The van der Waals surface area contributed by atoms with Gasteiger partial charge < -0.3 is 10.3 Å². The molecule has 0 radical (unpaired) electrons. The van der Waals surface area contributed by atoms with Crippen LogP contribution in [0.25, 0.3) is 11.0 Å². The predicted molar refractivity (Wildman–Crippen MR) is 92.8 cm³/mol. The van der Waals surface area contributed by atoms with E-state index < -0.39 is 0 Å². The Balaban J connectivity index is 1.68. The molecule has 0 aliphatic carbocycles. The Bertz CT molecular complexity index is 841. The summed E-state index contributed by atoms with van der Waals surface area (Å²) in [5.41, 5.74) is 7.34. The van der Waals surface area contributed by atoms with Crippen LogP contribution in [0.3, 0.4) is 0 Å². The van der Waals surface area contributed by atoms with E-state index in [1.54, 1.807) is 12.4 Å². The lowest BCUT2D eigenvalue weighted by Gasteiger charge is -2.12. The normalized spacial score (nSPS) is 10.9. The van der Waals surface area contributed by atoms with Crippen molar-refractivity contribution < 1.29 is 4.79 Å². The average molecular weight is 307 g/mol. The van der Waals surface area contributed by atoms with Gasteiger partial charge >= 0.3 is 0 Å². The molecule has 0 aliphatic rings. The Morgan fingerprint density at radius 1 is 1.22 bits per heavy atom. The van der Waals surface area contributed by atoms with Crippen LogP contribution in [0.4, 0.5) is 0 Å². The highest BCUT2D eigenvalue weighted by molar-refractivity contribution is 6.05. The number of amides is 1. The van der Waals surface area contributed by atoms with Gasteiger partial charge in [0.05, 0.1) is 11.1 Å². The van der Waals surface area contributed by atoms with Crippen LogP contribution in [-0.4, -0.2) is 22.4 Å². The summed E-state index contributed by atoms with van der Waals surface area (Å²) >= 11 is 0. The Morgan fingerprint density at radius 2 is 1.96 bits per heavy atom. The zero-order valence-corrected chi connectivity index (χ0v) is 13.7. The van der Waals surface area contributed by atoms with Gasteiger partial charge in [-0.3, -0.25) is 9.78 Å². The minimum absolute atomic E-state index is 0.0858. The van der Waals surface area contributed by atoms with Gasteiger partial charge in [0, 0.05) is 18.9 Å². The van der Waals surface area contributed by atoms with Crippen molar-refractivity contribution in [3.63, 3.8) is 0 Å². The molecule has 0 bridgehead atoms. The van der Waals surface area contributed by atoms with Gasteiger partial charge in [-0.1, -0.05) is 17.7 Å². The number of hydrogen-bond donors (Lipinski definition) is 2. The second-order valence-corrected chi connectivity index (χ2v) is 5.99. The highest BCUT2D eigenvalue weighted by Crippen LogP contribution is 2.17. The van der Waals surface area contributed by atoms with Crippen LogP contribution in [0.5, 0.6) is 0 Å². The second kappa shape index (κ2) is 6.24. The van der Waals surface area contributed by atoms with E-state index in [1.165, 1.54) is 22.3 Å². The highest BCUT2D eigenvalue weighted by atomic mass is 16.1. The number of pyridine rings is 1. The standard InChI is InChI=1S/C19H21N3O/c1-12-9-13(2)15(14(3)10-12)6-8-21-19(23)16-11-22-17-5-4-7-20-18(16)17/h4-5,7,9-11,22H,6,8H2,1-3H3,(H,21,23). The number of carbonyl (C=O) groups is 1. The van der Waals surface area contributed by atoms with Crippen molar-refractivity contribution in [2.24, 2.45) is 0 Å². The first-order valence-electron chi connectivity index (χ1n) is 7.83. The smallest absolute Gasteiger partial charge is 0.255 e. The fraction of sp³-hybridized carbons (Fsp3) is 0.263. The van der Waals surface area contributed by atoms with Crippen LogP contribution in [0, 0.1) is 20.8 Å². The third-order valence-electron chi connectivity index (χ3n) is 4.18. The molecule has 2 aromatic heterocycles. The van der Waals surface area contributed by atoms with Gasteiger partial charge in [-0.2, -0.15) is 0 Å². The van der Waals surface area contributed by atoms with Gasteiger partial charge in [0.25, 0.3) is 5.91 Å². The van der Waals surface area contributed by atoms with Crippen molar-refractivity contribution in [3.05, 3.63) is 64.5 Å². The van der Waals surface area contributed by atoms with Crippen LogP contribution < -0.4 is 5.32 Å². The van der Waals surface area contributed by atoms with Crippen LogP contribution >= 0.6 is 0 Å². The molecule has 0 fully saturated rings. The Kier molecular flexibility index (Phi) is 4.15. The lowest BCUT2D eigenvalue weighted by Crippen LogP contribution is -2.26. The van der Waals surface area contributed by atoms with E-state index in [0.29, 0.717) is 17.6 Å².